The molecule has 4 aromatic carbocycles. The molecule has 1 N–H and O–H groups in total. The lowest BCUT2D eigenvalue weighted by Gasteiger charge is -2.17. The van der Waals surface area contributed by atoms with Crippen LogP contribution in [0.25, 0.3) is 0 Å². The van der Waals surface area contributed by atoms with Crippen LogP contribution in [0.4, 0.5) is 0 Å². The third kappa shape index (κ3) is 9.64. The zero-order valence-electron chi connectivity index (χ0n) is 24.1. The van der Waals surface area contributed by atoms with E-state index in [0.29, 0.717) is 26.2 Å². The summed E-state index contributed by atoms with van der Waals surface area (Å²) in [5.74, 6) is 1.90. The average Bonchev–Trinajstić information content (AvgIpc) is 3.03. The number of hydrogen-bond donors (Lipinski definition) is 1. The number of ether oxygens (including phenoxy) is 2. The summed E-state index contributed by atoms with van der Waals surface area (Å²) in [6.45, 7) is 6.76. The SMILES string of the molecule is CCC(=O)NCCc1cccc(OCc2ccccc2)c1.CCC1=NCCc2cc(OCc3ccccc3)ccc21. The predicted molar refractivity (Wildman–Crippen MR) is 167 cm³/mol. The van der Waals surface area contributed by atoms with Gasteiger partial charge in [0.15, 0.2) is 0 Å². The number of hydrogen-bond acceptors (Lipinski definition) is 4. The van der Waals surface area contributed by atoms with Gasteiger partial charge in [-0.1, -0.05) is 86.6 Å². The number of carbonyl (C=O) groups excluding carboxylic acids is 1. The van der Waals surface area contributed by atoms with Crippen molar-refractivity contribution in [1.82, 2.24) is 5.32 Å². The number of amides is 1. The van der Waals surface area contributed by atoms with Gasteiger partial charge in [-0.15, -0.1) is 0 Å². The van der Waals surface area contributed by atoms with E-state index >= 15 is 0 Å². The Labute approximate surface area is 244 Å². The maximum atomic E-state index is 11.2. The summed E-state index contributed by atoms with van der Waals surface area (Å²) >= 11 is 0. The minimum absolute atomic E-state index is 0.0893. The molecular weight excluding hydrogens is 508 g/mol. The first-order valence-corrected chi connectivity index (χ1v) is 14.5. The zero-order valence-corrected chi connectivity index (χ0v) is 24.1. The Bertz CT molecular complexity index is 1400. The summed E-state index contributed by atoms with van der Waals surface area (Å²) in [5, 5.41) is 2.88. The van der Waals surface area contributed by atoms with Crippen molar-refractivity contribution in [2.45, 2.75) is 52.7 Å². The molecule has 0 radical (unpaired) electrons. The van der Waals surface area contributed by atoms with Crippen molar-refractivity contribution in [3.8, 4) is 11.5 Å². The van der Waals surface area contributed by atoms with Gasteiger partial charge < -0.3 is 14.8 Å². The van der Waals surface area contributed by atoms with Crippen molar-refractivity contribution < 1.29 is 14.3 Å². The first kappa shape index (κ1) is 29.6. The van der Waals surface area contributed by atoms with Gasteiger partial charge in [-0.3, -0.25) is 9.79 Å². The van der Waals surface area contributed by atoms with E-state index in [1.807, 2.05) is 79.7 Å². The lowest BCUT2D eigenvalue weighted by atomic mass is 9.96. The fourth-order valence-electron chi connectivity index (χ4n) is 4.59. The molecule has 5 rings (SSSR count). The second-order valence-corrected chi connectivity index (χ2v) is 9.90. The molecule has 1 heterocycles. The summed E-state index contributed by atoms with van der Waals surface area (Å²) in [5.41, 5.74) is 7.39. The molecule has 1 aliphatic rings. The smallest absolute Gasteiger partial charge is 0.219 e. The molecule has 0 spiro atoms. The first-order valence-electron chi connectivity index (χ1n) is 14.5. The van der Waals surface area contributed by atoms with Crippen LogP contribution < -0.4 is 14.8 Å². The Morgan fingerprint density at radius 1 is 0.756 bits per heavy atom. The Kier molecular flexibility index (Phi) is 11.6. The molecule has 0 fully saturated rings. The van der Waals surface area contributed by atoms with Gasteiger partial charge in [0.05, 0.1) is 0 Å². The standard InChI is InChI=1S/C18H21NO2.C18H19NO/c1-2-18(20)19-12-11-15-9-6-10-17(13-15)21-14-16-7-4-3-5-8-16;1-2-18-17-9-8-16(12-15(17)10-11-19-18)20-13-14-6-4-3-5-7-14/h3-10,13H,2,11-12,14H2,1H3,(H,19,20);3-9,12H,2,10-11,13H2,1H3. The van der Waals surface area contributed by atoms with Gasteiger partial charge in [-0.25, -0.2) is 0 Å². The molecule has 0 aromatic heterocycles. The highest BCUT2D eigenvalue weighted by molar-refractivity contribution is 6.02. The predicted octanol–water partition coefficient (Wildman–Crippen LogP) is 7.36. The second kappa shape index (κ2) is 16.0. The molecule has 0 atom stereocenters. The molecule has 5 heteroatoms. The monoisotopic (exact) mass is 548 g/mol. The molecule has 0 unspecified atom stereocenters. The fraction of sp³-hybridized carbons (Fsp3) is 0.278. The molecule has 4 aromatic rings. The molecule has 41 heavy (non-hydrogen) atoms. The van der Waals surface area contributed by atoms with Crippen molar-refractivity contribution >= 4 is 11.6 Å². The Balaban J connectivity index is 0.000000189. The Morgan fingerprint density at radius 2 is 1.39 bits per heavy atom. The highest BCUT2D eigenvalue weighted by atomic mass is 16.5. The molecule has 0 saturated carbocycles. The van der Waals surface area contributed by atoms with Crippen molar-refractivity contribution in [1.29, 1.82) is 0 Å². The number of fused-ring (bicyclic) bond motifs is 1. The topological polar surface area (TPSA) is 59.9 Å². The van der Waals surface area contributed by atoms with Crippen LogP contribution in [-0.2, 0) is 30.8 Å². The summed E-state index contributed by atoms with van der Waals surface area (Å²) in [4.78, 5) is 15.8. The molecule has 5 nitrogen and oxygen atoms in total. The third-order valence-corrected chi connectivity index (χ3v) is 6.86. The number of aliphatic imine (C=N–C) groups is 1. The van der Waals surface area contributed by atoms with Crippen LogP contribution >= 0.6 is 0 Å². The molecule has 0 aliphatic carbocycles. The van der Waals surface area contributed by atoms with Crippen LogP contribution in [-0.4, -0.2) is 24.7 Å². The number of benzene rings is 4. The highest BCUT2D eigenvalue weighted by Gasteiger charge is 2.13. The molecular formula is C36H40N2O3. The Morgan fingerprint density at radius 3 is 2.02 bits per heavy atom. The van der Waals surface area contributed by atoms with Gasteiger partial charge >= 0.3 is 0 Å². The summed E-state index contributed by atoms with van der Waals surface area (Å²) in [6.07, 6.45) is 3.35. The molecule has 212 valence electrons. The molecule has 1 amide bonds. The van der Waals surface area contributed by atoms with E-state index in [1.54, 1.807) is 0 Å². The van der Waals surface area contributed by atoms with E-state index in [0.717, 1.165) is 48.4 Å². The van der Waals surface area contributed by atoms with Crippen LogP contribution in [0.5, 0.6) is 11.5 Å². The summed E-state index contributed by atoms with van der Waals surface area (Å²) < 4.78 is 11.7. The van der Waals surface area contributed by atoms with Crippen LogP contribution in [0, 0.1) is 0 Å². The summed E-state index contributed by atoms with van der Waals surface area (Å²) in [6, 6.07) is 34.8. The lowest BCUT2D eigenvalue weighted by Crippen LogP contribution is -2.24. The highest BCUT2D eigenvalue weighted by Crippen LogP contribution is 2.24. The van der Waals surface area contributed by atoms with Gasteiger partial charge in [0.2, 0.25) is 5.91 Å². The lowest BCUT2D eigenvalue weighted by molar-refractivity contribution is -0.120. The van der Waals surface area contributed by atoms with Crippen LogP contribution in [0.2, 0.25) is 0 Å². The van der Waals surface area contributed by atoms with Gasteiger partial charge in [0, 0.05) is 25.2 Å². The molecule has 0 saturated heterocycles. The van der Waals surface area contributed by atoms with E-state index in [4.69, 9.17) is 9.47 Å². The third-order valence-electron chi connectivity index (χ3n) is 6.86. The minimum Gasteiger partial charge on any atom is -0.489 e. The van der Waals surface area contributed by atoms with Crippen LogP contribution in [0.3, 0.4) is 0 Å². The maximum absolute atomic E-state index is 11.2. The van der Waals surface area contributed by atoms with Gasteiger partial charge in [-0.2, -0.15) is 0 Å². The largest absolute Gasteiger partial charge is 0.489 e. The van der Waals surface area contributed by atoms with Gasteiger partial charge in [-0.05, 0) is 77.4 Å². The van der Waals surface area contributed by atoms with Crippen molar-refractivity contribution in [3.63, 3.8) is 0 Å². The van der Waals surface area contributed by atoms with Gasteiger partial charge in [0.1, 0.15) is 24.7 Å². The quantitative estimate of drug-likeness (QED) is 0.213. The van der Waals surface area contributed by atoms with Crippen molar-refractivity contribution in [2.75, 3.05) is 13.1 Å². The van der Waals surface area contributed by atoms with E-state index in [1.165, 1.54) is 22.4 Å². The van der Waals surface area contributed by atoms with Crippen molar-refractivity contribution in [3.05, 3.63) is 131 Å². The number of nitrogens with zero attached hydrogens (tertiary/aromatic N) is 1. The van der Waals surface area contributed by atoms with E-state index < -0.39 is 0 Å². The summed E-state index contributed by atoms with van der Waals surface area (Å²) in [7, 11) is 0. The minimum atomic E-state index is 0.0893. The van der Waals surface area contributed by atoms with Crippen LogP contribution in [0.15, 0.2) is 108 Å². The first-order chi connectivity index (χ1) is 20.1. The second-order valence-electron chi connectivity index (χ2n) is 9.90. The number of carbonyl (C=O) groups is 1. The van der Waals surface area contributed by atoms with Crippen LogP contribution in [0.1, 0.15) is 54.5 Å². The maximum Gasteiger partial charge on any atom is 0.219 e. The molecule has 1 aliphatic heterocycles. The number of rotatable bonds is 11. The number of nitrogens with one attached hydrogen (secondary N) is 1. The van der Waals surface area contributed by atoms with Crippen molar-refractivity contribution in [2.24, 2.45) is 4.99 Å². The van der Waals surface area contributed by atoms with Gasteiger partial charge in [0.25, 0.3) is 0 Å². The average molecular weight is 549 g/mol. The van der Waals surface area contributed by atoms with E-state index in [-0.39, 0.29) is 5.91 Å². The molecule has 0 bridgehead atoms. The zero-order chi connectivity index (χ0) is 28.7. The van der Waals surface area contributed by atoms with E-state index in [9.17, 15) is 4.79 Å². The normalized spacial score (nSPS) is 11.8. The van der Waals surface area contributed by atoms with E-state index in [2.05, 4.69) is 47.6 Å². The Hall–Kier alpha value is -4.38. The fourth-order valence-corrected chi connectivity index (χ4v) is 4.59.